The maximum atomic E-state index is 16.3. The third-order valence-corrected chi connectivity index (χ3v) is 21.6. The highest BCUT2D eigenvalue weighted by atomic mass is 16.5. The number of rotatable bonds is 7. The number of aliphatic hydroxyl groups excluding tert-OH is 4. The Hall–Kier alpha value is -2.90. The Morgan fingerprint density at radius 1 is 0.984 bits per heavy atom. The van der Waals surface area contributed by atoms with Gasteiger partial charge in [0.1, 0.15) is 6.10 Å². The molecule has 11 aliphatic rings. The Morgan fingerprint density at radius 3 is 2.59 bits per heavy atom. The highest BCUT2D eigenvalue weighted by Crippen LogP contribution is 2.85. The fraction of sp³-hybridized carbons (Fsp3) is 0.709. The van der Waals surface area contributed by atoms with Gasteiger partial charge in [-0.15, -0.1) is 5.92 Å². The van der Waals surface area contributed by atoms with E-state index < -0.39 is 63.5 Å². The number of hydrogen-bond donors (Lipinski definition) is 5. The average Bonchev–Trinajstić information content (AvgIpc) is 3.67. The summed E-state index contributed by atoms with van der Waals surface area (Å²) in [5, 5.41) is 63.6. The molecule has 0 radical (unpaired) electrons. The molecule has 5 N–H and O–H groups in total. The van der Waals surface area contributed by atoms with E-state index in [1.807, 2.05) is 25.1 Å². The first-order valence-corrected chi connectivity index (χ1v) is 24.7. The second-order valence-electron chi connectivity index (χ2n) is 23.6. The largest absolute Gasteiger partial charge is 0.394 e. The summed E-state index contributed by atoms with van der Waals surface area (Å²) in [6.45, 7) is 6.80. The predicted molar refractivity (Wildman–Crippen MR) is 240 cm³/mol. The molecule has 8 heteroatoms. The first kappa shape index (κ1) is 42.7. The molecule has 1 aromatic carbocycles. The number of allylic oxidation sites excluding steroid dienone is 3. The fourth-order valence-corrected chi connectivity index (χ4v) is 19.5. The summed E-state index contributed by atoms with van der Waals surface area (Å²) >= 11 is 0. The van der Waals surface area contributed by atoms with Crippen molar-refractivity contribution in [2.24, 2.45) is 73.4 Å². The minimum atomic E-state index is -1.37. The molecular weight excluding hydrogens is 789 g/mol. The van der Waals surface area contributed by atoms with Crippen LogP contribution in [0.3, 0.4) is 0 Å². The third kappa shape index (κ3) is 5.06. The minimum Gasteiger partial charge on any atom is -0.394 e. The summed E-state index contributed by atoms with van der Waals surface area (Å²) in [6, 6.07) is 6.01. The topological polar surface area (TPSA) is 145 Å². The molecule has 338 valence electrons. The van der Waals surface area contributed by atoms with Gasteiger partial charge in [0, 0.05) is 43.5 Å². The number of carbonyl (C=O) groups excluding carboxylic acids is 2. The molecule has 0 aromatic heterocycles. The van der Waals surface area contributed by atoms with Crippen LogP contribution in [0, 0.1) is 85.3 Å². The molecule has 63 heavy (non-hydrogen) atoms. The highest BCUT2D eigenvalue weighted by Gasteiger charge is 2.83. The van der Waals surface area contributed by atoms with Crippen LogP contribution in [0.1, 0.15) is 134 Å². The molecule has 0 amide bonds. The van der Waals surface area contributed by atoms with E-state index in [9.17, 15) is 30.3 Å². The molecule has 12 rings (SSSR count). The van der Waals surface area contributed by atoms with Gasteiger partial charge in [-0.3, -0.25) is 9.59 Å². The van der Waals surface area contributed by atoms with E-state index in [0.717, 1.165) is 72.9 Å². The molecule has 3 spiro atoms. The fourth-order valence-electron chi connectivity index (χ4n) is 19.5. The van der Waals surface area contributed by atoms with Crippen molar-refractivity contribution in [1.29, 1.82) is 0 Å². The molecule has 0 saturated heterocycles. The lowest BCUT2D eigenvalue weighted by atomic mass is 9.26. The molecule has 17 atom stereocenters. The first-order valence-electron chi connectivity index (χ1n) is 24.7. The summed E-state index contributed by atoms with van der Waals surface area (Å²) in [6.07, 6.45) is 19.8. The summed E-state index contributed by atoms with van der Waals surface area (Å²) in [5.41, 5.74) is -3.89. The lowest BCUT2D eigenvalue weighted by Crippen LogP contribution is -2.78. The van der Waals surface area contributed by atoms with Gasteiger partial charge in [0.05, 0.1) is 29.8 Å². The van der Waals surface area contributed by atoms with Gasteiger partial charge in [0.25, 0.3) is 0 Å². The average molecular weight is 859 g/mol. The maximum Gasteiger partial charge on any atom is 0.163 e. The zero-order valence-electron chi connectivity index (χ0n) is 38.0. The monoisotopic (exact) mass is 859 g/mol. The highest BCUT2D eigenvalue weighted by molar-refractivity contribution is 5.97. The molecule has 0 heterocycles. The van der Waals surface area contributed by atoms with Gasteiger partial charge in [-0.2, -0.15) is 0 Å². The van der Waals surface area contributed by atoms with Crippen LogP contribution in [0.2, 0.25) is 0 Å². The number of ketones is 2. The van der Waals surface area contributed by atoms with E-state index in [2.05, 4.69) is 56.1 Å². The smallest absolute Gasteiger partial charge is 0.163 e. The molecule has 0 unspecified atom stereocenters. The lowest BCUT2D eigenvalue weighted by molar-refractivity contribution is -0.294. The van der Waals surface area contributed by atoms with Crippen LogP contribution in [0.25, 0.3) is 12.2 Å². The molecule has 1 aromatic rings. The second-order valence-corrected chi connectivity index (χ2v) is 23.6. The van der Waals surface area contributed by atoms with E-state index in [4.69, 9.17) is 4.74 Å². The molecule has 4 bridgehead atoms. The molecule has 0 aliphatic heterocycles. The molecule has 8 nitrogen and oxygen atoms in total. The van der Waals surface area contributed by atoms with Crippen molar-refractivity contribution in [2.45, 2.75) is 147 Å². The second kappa shape index (κ2) is 14.1. The van der Waals surface area contributed by atoms with Crippen molar-refractivity contribution in [3.05, 3.63) is 58.0 Å². The molecule has 6 fully saturated rings. The first-order chi connectivity index (χ1) is 30.1. The third-order valence-electron chi connectivity index (χ3n) is 21.6. The Labute approximate surface area is 373 Å². The Kier molecular flexibility index (Phi) is 9.54. The van der Waals surface area contributed by atoms with E-state index in [1.165, 1.54) is 0 Å². The van der Waals surface area contributed by atoms with Crippen molar-refractivity contribution < 1.29 is 39.9 Å². The standard InChI is InChI=1S/C55H70O8/c1-48-19-6-5-14-45(60)55-40(29-48)39-28-42(58)47-51(49(39,2)32-53(55,62)23-16-35-11-8-20-52(35,55)31-48)21-15-34-26-37-33(10-7-12-36(37)41(57)13-9-25-63-4)27-38(34)54(47)24-18-44(59)50(3,46(61)30-56)43(54)17-22-51/h7,10,12,16,23,26-28,34-35,38,40,43-47,56,59-62H,6,8-9,11,13,15,17-22,24-25,29-32H2,1-4H3/t34-,35+,38-,40-,43-,44+,45-,46-,47+,48-,49-,50+,51-,52+,53+,54-,55+/m1/s1. The number of methoxy groups -OCH3 is 1. The number of carbonyl (C=O) groups is 2. The molecular formula is C55H70O8. The number of hydrogen-bond acceptors (Lipinski definition) is 8. The zero-order chi connectivity index (χ0) is 44.2. The van der Waals surface area contributed by atoms with Crippen LogP contribution in [-0.2, 0) is 9.53 Å². The van der Waals surface area contributed by atoms with Crippen LogP contribution in [0.5, 0.6) is 0 Å². The number of Topliss-reactive ketones (excluding diaryl/α,β-unsaturated/α-hetero) is 1. The Balaban J connectivity index is 1.15. The van der Waals surface area contributed by atoms with Gasteiger partial charge in [-0.1, -0.05) is 81.2 Å². The lowest BCUT2D eigenvalue weighted by Gasteiger charge is -2.78. The van der Waals surface area contributed by atoms with Crippen molar-refractivity contribution in [3.8, 4) is 11.8 Å². The van der Waals surface area contributed by atoms with Crippen molar-refractivity contribution in [2.75, 3.05) is 20.3 Å². The zero-order valence-corrected chi connectivity index (χ0v) is 38.0. The number of ether oxygens (including phenoxy) is 1. The van der Waals surface area contributed by atoms with Crippen molar-refractivity contribution in [1.82, 2.24) is 0 Å². The van der Waals surface area contributed by atoms with Gasteiger partial charge >= 0.3 is 0 Å². The summed E-state index contributed by atoms with van der Waals surface area (Å²) in [4.78, 5) is 30.2. The van der Waals surface area contributed by atoms with Crippen LogP contribution in [0.4, 0.5) is 0 Å². The molecule has 6 saturated carbocycles. The van der Waals surface area contributed by atoms with Crippen LogP contribution in [-0.4, -0.2) is 81.3 Å². The van der Waals surface area contributed by atoms with E-state index >= 15 is 4.79 Å². The van der Waals surface area contributed by atoms with Crippen molar-refractivity contribution in [3.63, 3.8) is 0 Å². The number of benzene rings is 1. The van der Waals surface area contributed by atoms with E-state index in [0.29, 0.717) is 58.0 Å². The van der Waals surface area contributed by atoms with Crippen LogP contribution >= 0.6 is 0 Å². The molecule has 11 aliphatic carbocycles. The van der Waals surface area contributed by atoms with E-state index in [-0.39, 0.29) is 52.0 Å². The van der Waals surface area contributed by atoms with Gasteiger partial charge in [-0.25, -0.2) is 0 Å². The quantitative estimate of drug-likeness (QED) is 0.0977. The minimum absolute atomic E-state index is 0.0221. The van der Waals surface area contributed by atoms with Crippen LogP contribution in [0.15, 0.2) is 42.0 Å². The SMILES string of the molecule is COCCCC(=O)c1cccc2c1=C[C@H]1CC[C@@]34CC[C@@H]5[C@](C)([C@H](O)CO)[C@@H](O)CC[C@]5([C@@H]1C=2)[C@H]3C(=O)C=C1[C@H]2C[C@@]3(C)CCC#C[C@@H](O)[C@]25[C@@]2(CCC[C@H]2C=C[C@]5(O)C[C@]14C)C3. The number of aliphatic hydroxyl groups is 5. The van der Waals surface area contributed by atoms with Gasteiger partial charge in [0.15, 0.2) is 11.6 Å². The Bertz CT molecular complexity index is 2390. The maximum absolute atomic E-state index is 16.3. The normalized spacial score (nSPS) is 49.9. The van der Waals surface area contributed by atoms with Crippen LogP contribution < -0.4 is 10.4 Å². The predicted octanol–water partition coefficient (Wildman–Crippen LogP) is 5.98. The van der Waals surface area contributed by atoms with Gasteiger partial charge in [0.2, 0.25) is 0 Å². The van der Waals surface area contributed by atoms with E-state index in [1.54, 1.807) is 7.11 Å². The Morgan fingerprint density at radius 2 is 1.79 bits per heavy atom. The summed E-state index contributed by atoms with van der Waals surface area (Å²) in [7, 11) is 1.66. The van der Waals surface area contributed by atoms with Gasteiger partial charge in [-0.05, 0) is 157 Å². The van der Waals surface area contributed by atoms with Crippen molar-refractivity contribution >= 4 is 23.7 Å². The number of fused-ring (bicyclic) bond motifs is 6. The van der Waals surface area contributed by atoms with Gasteiger partial charge < -0.3 is 30.3 Å². The summed E-state index contributed by atoms with van der Waals surface area (Å²) < 4.78 is 5.29. The summed E-state index contributed by atoms with van der Waals surface area (Å²) in [5.74, 6) is 6.06.